The fourth-order valence-electron chi connectivity index (χ4n) is 2.40. The van der Waals surface area contributed by atoms with Crippen molar-refractivity contribution in [2.75, 3.05) is 30.3 Å². The Morgan fingerprint density at radius 3 is 2.65 bits per heavy atom. The maximum atomic E-state index is 12.5. The van der Waals surface area contributed by atoms with E-state index < -0.39 is 5.60 Å². The molecule has 0 aliphatic carbocycles. The molecule has 5 heteroatoms. The minimum absolute atomic E-state index is 0.0108. The second kappa shape index (κ2) is 5.71. The van der Waals surface area contributed by atoms with Crippen LogP contribution in [0.25, 0.3) is 0 Å². The zero-order chi connectivity index (χ0) is 14.8. The van der Waals surface area contributed by atoms with Crippen molar-refractivity contribution in [3.8, 4) is 0 Å². The quantitative estimate of drug-likeness (QED) is 0.780. The van der Waals surface area contributed by atoms with E-state index in [0.717, 1.165) is 11.4 Å². The Morgan fingerprint density at radius 1 is 1.40 bits per heavy atom. The van der Waals surface area contributed by atoms with Gasteiger partial charge in [0.2, 0.25) is 5.91 Å². The lowest BCUT2D eigenvalue weighted by atomic mass is 10.1. The van der Waals surface area contributed by atoms with Gasteiger partial charge in [0.15, 0.2) is 0 Å². The Bertz CT molecular complexity index is 482. The fourth-order valence-corrected chi connectivity index (χ4v) is 2.40. The molecule has 0 aromatic heterocycles. The fraction of sp³-hybridized carbons (Fsp3) is 0.533. The molecule has 1 aliphatic rings. The highest BCUT2D eigenvalue weighted by Gasteiger charge is 2.29. The van der Waals surface area contributed by atoms with Crippen LogP contribution < -0.4 is 10.6 Å². The summed E-state index contributed by atoms with van der Waals surface area (Å²) in [6.07, 6.45) is 0. The van der Waals surface area contributed by atoms with E-state index in [1.807, 2.05) is 31.2 Å². The highest BCUT2D eigenvalue weighted by atomic mass is 16.3. The van der Waals surface area contributed by atoms with Crippen LogP contribution in [0.4, 0.5) is 11.4 Å². The van der Waals surface area contributed by atoms with Crippen LogP contribution in [0.2, 0.25) is 0 Å². The van der Waals surface area contributed by atoms with Gasteiger partial charge in [0.1, 0.15) is 6.04 Å². The van der Waals surface area contributed by atoms with Crippen LogP contribution >= 0.6 is 0 Å². The molecule has 0 spiro atoms. The number of nitrogens with zero attached hydrogens (tertiary/aromatic N) is 1. The number of aliphatic hydroxyl groups is 1. The van der Waals surface area contributed by atoms with E-state index in [0.29, 0.717) is 19.6 Å². The number of para-hydroxylation sites is 2. The van der Waals surface area contributed by atoms with Gasteiger partial charge < -0.3 is 20.6 Å². The summed E-state index contributed by atoms with van der Waals surface area (Å²) < 4.78 is 0. The van der Waals surface area contributed by atoms with Gasteiger partial charge in [-0.05, 0) is 32.9 Å². The maximum absolute atomic E-state index is 12.5. The van der Waals surface area contributed by atoms with Gasteiger partial charge in [-0.1, -0.05) is 12.1 Å². The molecule has 1 aromatic rings. The number of hydrogen-bond acceptors (Lipinski definition) is 4. The molecule has 1 unspecified atom stereocenters. The van der Waals surface area contributed by atoms with Gasteiger partial charge in [0.05, 0.1) is 17.0 Å². The predicted octanol–water partition coefficient (Wildman–Crippen LogP) is 1.51. The van der Waals surface area contributed by atoms with Crippen molar-refractivity contribution in [3.63, 3.8) is 0 Å². The Kier molecular flexibility index (Phi) is 4.18. The first-order valence-electron chi connectivity index (χ1n) is 7.01. The lowest BCUT2D eigenvalue weighted by molar-refractivity contribution is -0.134. The Labute approximate surface area is 120 Å². The number of fused-ring (bicyclic) bond motifs is 1. The number of nitrogens with one attached hydrogen (secondary N) is 2. The predicted molar refractivity (Wildman–Crippen MR) is 80.9 cm³/mol. The molecule has 5 nitrogen and oxygen atoms in total. The summed E-state index contributed by atoms with van der Waals surface area (Å²) in [6.45, 7) is 6.83. The van der Waals surface area contributed by atoms with Crippen LogP contribution in [-0.2, 0) is 4.79 Å². The second-order valence-electron chi connectivity index (χ2n) is 5.79. The van der Waals surface area contributed by atoms with Gasteiger partial charge in [0, 0.05) is 19.6 Å². The zero-order valence-electron chi connectivity index (χ0n) is 12.3. The summed E-state index contributed by atoms with van der Waals surface area (Å²) in [7, 11) is 0. The van der Waals surface area contributed by atoms with Crippen LogP contribution in [0.15, 0.2) is 24.3 Å². The number of amides is 1. The van der Waals surface area contributed by atoms with Crippen LogP contribution in [0.1, 0.15) is 20.8 Å². The number of hydrogen-bond donors (Lipinski definition) is 3. The summed E-state index contributed by atoms with van der Waals surface area (Å²) in [4.78, 5) is 14.2. The minimum atomic E-state index is -0.883. The van der Waals surface area contributed by atoms with E-state index in [9.17, 15) is 9.90 Å². The minimum Gasteiger partial charge on any atom is -0.389 e. The molecule has 1 aromatic carbocycles. The van der Waals surface area contributed by atoms with Gasteiger partial charge in [0.25, 0.3) is 0 Å². The normalized spacial score (nSPS) is 17.7. The van der Waals surface area contributed by atoms with Crippen molar-refractivity contribution in [1.29, 1.82) is 0 Å². The molecule has 3 N–H and O–H groups in total. The van der Waals surface area contributed by atoms with Gasteiger partial charge in [-0.15, -0.1) is 0 Å². The number of benzene rings is 1. The molecule has 0 fully saturated rings. The van der Waals surface area contributed by atoms with Crippen molar-refractivity contribution in [1.82, 2.24) is 4.90 Å². The largest absolute Gasteiger partial charge is 0.389 e. The zero-order valence-corrected chi connectivity index (χ0v) is 12.3. The molecule has 1 amide bonds. The van der Waals surface area contributed by atoms with Crippen LogP contribution in [0.3, 0.4) is 0 Å². The summed E-state index contributed by atoms with van der Waals surface area (Å²) in [6, 6.07) is 7.54. The lowest BCUT2D eigenvalue weighted by Crippen LogP contribution is -2.51. The average molecular weight is 277 g/mol. The third-order valence-corrected chi connectivity index (χ3v) is 3.32. The molecule has 1 atom stereocenters. The topological polar surface area (TPSA) is 64.6 Å². The SMILES string of the molecule is CCN(CC(C)(C)O)C(=O)C1CNc2ccccc2N1. The van der Waals surface area contributed by atoms with E-state index in [-0.39, 0.29) is 11.9 Å². The summed E-state index contributed by atoms with van der Waals surface area (Å²) in [5, 5.41) is 16.4. The molecular formula is C15H23N3O2. The van der Waals surface area contributed by atoms with Crippen LogP contribution in [0.5, 0.6) is 0 Å². The number of rotatable bonds is 4. The summed E-state index contributed by atoms with van der Waals surface area (Å²) in [5.74, 6) is 0.0108. The standard InChI is InChI=1S/C15H23N3O2/c1-4-18(10-15(2,3)20)14(19)13-9-16-11-7-5-6-8-12(11)17-13/h5-8,13,16-17,20H,4,9-10H2,1-3H3. The van der Waals surface area contributed by atoms with Gasteiger partial charge in [-0.2, -0.15) is 0 Å². The molecule has 0 radical (unpaired) electrons. The van der Waals surface area contributed by atoms with Gasteiger partial charge >= 0.3 is 0 Å². The Balaban J connectivity index is 2.07. The number of carbonyl (C=O) groups excluding carboxylic acids is 1. The Morgan fingerprint density at radius 2 is 2.05 bits per heavy atom. The van der Waals surface area contributed by atoms with E-state index in [2.05, 4.69) is 10.6 Å². The van der Waals surface area contributed by atoms with Crippen molar-refractivity contribution in [2.24, 2.45) is 0 Å². The lowest BCUT2D eigenvalue weighted by Gasteiger charge is -2.34. The van der Waals surface area contributed by atoms with Crippen LogP contribution in [0, 0.1) is 0 Å². The van der Waals surface area contributed by atoms with E-state index in [1.54, 1.807) is 18.7 Å². The molecule has 0 saturated heterocycles. The maximum Gasteiger partial charge on any atom is 0.246 e. The first kappa shape index (κ1) is 14.7. The number of carbonyl (C=O) groups is 1. The molecule has 1 aliphatic heterocycles. The molecule has 0 bridgehead atoms. The second-order valence-corrected chi connectivity index (χ2v) is 5.79. The van der Waals surface area contributed by atoms with E-state index >= 15 is 0 Å². The van der Waals surface area contributed by atoms with Crippen molar-refractivity contribution < 1.29 is 9.90 Å². The first-order chi connectivity index (χ1) is 9.40. The molecule has 110 valence electrons. The summed E-state index contributed by atoms with van der Waals surface area (Å²) in [5.41, 5.74) is 1.07. The van der Waals surface area contributed by atoms with E-state index in [1.165, 1.54) is 0 Å². The molecule has 0 saturated carbocycles. The molecule has 20 heavy (non-hydrogen) atoms. The average Bonchev–Trinajstić information content (AvgIpc) is 2.42. The third-order valence-electron chi connectivity index (χ3n) is 3.32. The van der Waals surface area contributed by atoms with Gasteiger partial charge in [-0.3, -0.25) is 4.79 Å². The molecule has 2 rings (SSSR count). The first-order valence-corrected chi connectivity index (χ1v) is 7.01. The smallest absolute Gasteiger partial charge is 0.246 e. The van der Waals surface area contributed by atoms with Crippen molar-refractivity contribution in [3.05, 3.63) is 24.3 Å². The number of anilines is 2. The third kappa shape index (κ3) is 3.42. The highest BCUT2D eigenvalue weighted by Crippen LogP contribution is 2.25. The van der Waals surface area contributed by atoms with Crippen LogP contribution in [-0.4, -0.2) is 47.2 Å². The number of likely N-dealkylation sites (N-methyl/N-ethyl adjacent to an activating group) is 1. The van der Waals surface area contributed by atoms with Crippen molar-refractivity contribution >= 4 is 17.3 Å². The molecule has 1 heterocycles. The highest BCUT2D eigenvalue weighted by molar-refractivity contribution is 5.88. The summed E-state index contributed by atoms with van der Waals surface area (Å²) >= 11 is 0. The monoisotopic (exact) mass is 277 g/mol. The Hall–Kier alpha value is -1.75. The van der Waals surface area contributed by atoms with Gasteiger partial charge in [-0.25, -0.2) is 0 Å². The van der Waals surface area contributed by atoms with Crippen molar-refractivity contribution in [2.45, 2.75) is 32.4 Å². The van der Waals surface area contributed by atoms with E-state index in [4.69, 9.17) is 0 Å². The molecular weight excluding hydrogens is 254 g/mol.